The highest BCUT2D eigenvalue weighted by atomic mass is 19.1. The highest BCUT2D eigenvalue weighted by molar-refractivity contribution is 5.37. The first-order valence-corrected chi connectivity index (χ1v) is 5.70. The number of nitrogens with one attached hydrogen (secondary N) is 1. The van der Waals surface area contributed by atoms with Crippen LogP contribution in [0.2, 0.25) is 0 Å². The molecule has 0 aromatic carbocycles. The fourth-order valence-electron chi connectivity index (χ4n) is 3.09. The molecule has 15 heavy (non-hydrogen) atoms. The third-order valence-electron chi connectivity index (χ3n) is 3.82. The third kappa shape index (κ3) is 1.60. The molecule has 3 unspecified atom stereocenters. The van der Waals surface area contributed by atoms with Gasteiger partial charge in [0.2, 0.25) is 0 Å². The van der Waals surface area contributed by atoms with Gasteiger partial charge in [0.25, 0.3) is 0 Å². The Labute approximate surface area is 88.9 Å². The molecule has 0 radical (unpaired) electrons. The number of hydrogen-bond acceptors (Lipinski definition) is 2. The SMILES string of the molecule is Fc1cccnc1NC1CC2CCC1C2. The zero-order valence-corrected chi connectivity index (χ0v) is 8.62. The number of halogens is 1. The van der Waals surface area contributed by atoms with Crippen LogP contribution in [0.5, 0.6) is 0 Å². The minimum absolute atomic E-state index is 0.236. The first-order chi connectivity index (χ1) is 7.33. The lowest BCUT2D eigenvalue weighted by Gasteiger charge is -2.23. The number of nitrogens with zero attached hydrogens (tertiary/aromatic N) is 1. The molecule has 2 saturated carbocycles. The molecule has 2 nitrogen and oxygen atoms in total. The maximum atomic E-state index is 13.4. The first-order valence-electron chi connectivity index (χ1n) is 5.70. The second kappa shape index (κ2) is 3.47. The molecule has 2 aliphatic carbocycles. The summed E-state index contributed by atoms with van der Waals surface area (Å²) in [6.07, 6.45) is 6.83. The molecule has 2 aliphatic rings. The van der Waals surface area contributed by atoms with E-state index in [4.69, 9.17) is 0 Å². The quantitative estimate of drug-likeness (QED) is 0.804. The van der Waals surface area contributed by atoms with E-state index in [1.165, 1.54) is 31.7 Å². The summed E-state index contributed by atoms with van der Waals surface area (Å²) in [6.45, 7) is 0. The Morgan fingerprint density at radius 1 is 1.33 bits per heavy atom. The highest BCUT2D eigenvalue weighted by Gasteiger charge is 2.39. The van der Waals surface area contributed by atoms with E-state index in [9.17, 15) is 4.39 Å². The number of pyridine rings is 1. The van der Waals surface area contributed by atoms with Crippen molar-refractivity contribution < 1.29 is 4.39 Å². The molecule has 0 spiro atoms. The van der Waals surface area contributed by atoms with E-state index in [1.54, 1.807) is 12.3 Å². The standard InChI is InChI=1S/C12H15FN2/c13-10-2-1-5-14-12(10)15-11-7-8-3-4-9(11)6-8/h1-2,5,8-9,11H,3-4,6-7H2,(H,14,15). The van der Waals surface area contributed by atoms with Crippen LogP contribution in [0.4, 0.5) is 10.2 Å². The van der Waals surface area contributed by atoms with Gasteiger partial charge in [-0.05, 0) is 43.2 Å². The summed E-state index contributed by atoms with van der Waals surface area (Å²) >= 11 is 0. The Bertz CT molecular complexity index is 366. The topological polar surface area (TPSA) is 24.9 Å². The molecule has 0 saturated heterocycles. The lowest BCUT2D eigenvalue weighted by Crippen LogP contribution is -2.26. The van der Waals surface area contributed by atoms with E-state index in [1.807, 2.05) is 0 Å². The summed E-state index contributed by atoms with van der Waals surface area (Å²) in [5.41, 5.74) is 0. The third-order valence-corrected chi connectivity index (χ3v) is 3.82. The van der Waals surface area contributed by atoms with Crippen molar-refractivity contribution in [1.82, 2.24) is 4.98 Å². The molecular formula is C12H15FN2. The maximum absolute atomic E-state index is 13.4. The lowest BCUT2D eigenvalue weighted by molar-refractivity contribution is 0.437. The minimum atomic E-state index is -0.236. The van der Waals surface area contributed by atoms with Gasteiger partial charge in [0.05, 0.1) is 0 Å². The summed E-state index contributed by atoms with van der Waals surface area (Å²) in [7, 11) is 0. The average Bonchev–Trinajstić information content (AvgIpc) is 2.83. The maximum Gasteiger partial charge on any atom is 0.165 e. The van der Waals surface area contributed by atoms with Gasteiger partial charge >= 0.3 is 0 Å². The molecule has 0 aliphatic heterocycles. The van der Waals surface area contributed by atoms with Crippen molar-refractivity contribution in [1.29, 1.82) is 0 Å². The van der Waals surface area contributed by atoms with Crippen molar-refractivity contribution in [2.45, 2.75) is 31.7 Å². The van der Waals surface area contributed by atoms with E-state index in [0.717, 1.165) is 11.8 Å². The lowest BCUT2D eigenvalue weighted by atomic mass is 9.95. The molecule has 1 N–H and O–H groups in total. The summed E-state index contributed by atoms with van der Waals surface area (Å²) in [5.74, 6) is 1.81. The van der Waals surface area contributed by atoms with Gasteiger partial charge in [-0.15, -0.1) is 0 Å². The smallest absolute Gasteiger partial charge is 0.165 e. The Balaban J connectivity index is 1.73. The fourth-order valence-corrected chi connectivity index (χ4v) is 3.09. The Kier molecular flexibility index (Phi) is 2.11. The van der Waals surface area contributed by atoms with E-state index in [-0.39, 0.29) is 5.82 Å². The zero-order chi connectivity index (χ0) is 10.3. The van der Waals surface area contributed by atoms with Crippen LogP contribution in [-0.4, -0.2) is 11.0 Å². The van der Waals surface area contributed by atoms with Gasteiger partial charge in [0.1, 0.15) is 0 Å². The second-order valence-electron chi connectivity index (χ2n) is 4.76. The van der Waals surface area contributed by atoms with Crippen molar-refractivity contribution in [3.05, 3.63) is 24.1 Å². The number of aromatic nitrogens is 1. The first kappa shape index (κ1) is 9.13. The summed E-state index contributed by atoms with van der Waals surface area (Å²) in [5, 5.41) is 3.25. The molecule has 0 amide bonds. The van der Waals surface area contributed by atoms with Crippen molar-refractivity contribution in [3.8, 4) is 0 Å². The van der Waals surface area contributed by atoms with Crippen LogP contribution in [-0.2, 0) is 0 Å². The molecule has 1 aromatic heterocycles. The highest BCUT2D eigenvalue weighted by Crippen LogP contribution is 2.45. The Morgan fingerprint density at radius 3 is 2.93 bits per heavy atom. The van der Waals surface area contributed by atoms with Gasteiger partial charge in [-0.2, -0.15) is 0 Å². The summed E-state index contributed by atoms with van der Waals surface area (Å²) in [4.78, 5) is 4.04. The molecular weight excluding hydrogens is 191 g/mol. The minimum Gasteiger partial charge on any atom is -0.365 e. The van der Waals surface area contributed by atoms with Gasteiger partial charge in [0, 0.05) is 12.2 Å². The second-order valence-corrected chi connectivity index (χ2v) is 4.76. The van der Waals surface area contributed by atoms with Crippen LogP contribution < -0.4 is 5.32 Å². The number of anilines is 1. The van der Waals surface area contributed by atoms with E-state index in [0.29, 0.717) is 11.9 Å². The van der Waals surface area contributed by atoms with Crippen molar-refractivity contribution in [2.24, 2.45) is 11.8 Å². The molecule has 1 aromatic rings. The van der Waals surface area contributed by atoms with Gasteiger partial charge in [0.15, 0.2) is 11.6 Å². The summed E-state index contributed by atoms with van der Waals surface area (Å²) in [6, 6.07) is 3.54. The molecule has 1 heterocycles. The monoisotopic (exact) mass is 206 g/mol. The molecule has 3 atom stereocenters. The van der Waals surface area contributed by atoms with Crippen LogP contribution >= 0.6 is 0 Å². The van der Waals surface area contributed by atoms with Crippen LogP contribution in [0.1, 0.15) is 25.7 Å². The molecule has 2 fully saturated rings. The van der Waals surface area contributed by atoms with Crippen molar-refractivity contribution in [2.75, 3.05) is 5.32 Å². The largest absolute Gasteiger partial charge is 0.365 e. The van der Waals surface area contributed by atoms with E-state index < -0.39 is 0 Å². The normalized spacial score (nSPS) is 33.3. The van der Waals surface area contributed by atoms with E-state index >= 15 is 0 Å². The average molecular weight is 206 g/mol. The predicted molar refractivity (Wildman–Crippen MR) is 57.1 cm³/mol. The predicted octanol–water partition coefficient (Wildman–Crippen LogP) is 2.82. The molecule has 2 bridgehead atoms. The molecule has 80 valence electrons. The number of rotatable bonds is 2. The van der Waals surface area contributed by atoms with Crippen LogP contribution in [0.3, 0.4) is 0 Å². The van der Waals surface area contributed by atoms with Gasteiger partial charge in [-0.25, -0.2) is 9.37 Å². The van der Waals surface area contributed by atoms with Crippen LogP contribution in [0, 0.1) is 17.7 Å². The number of fused-ring (bicyclic) bond motifs is 2. The van der Waals surface area contributed by atoms with Gasteiger partial charge in [-0.1, -0.05) is 6.42 Å². The summed E-state index contributed by atoms with van der Waals surface area (Å²) < 4.78 is 13.4. The zero-order valence-electron chi connectivity index (χ0n) is 8.62. The van der Waals surface area contributed by atoms with Crippen LogP contribution in [0.15, 0.2) is 18.3 Å². The fraction of sp³-hybridized carbons (Fsp3) is 0.583. The molecule has 3 rings (SSSR count). The number of hydrogen-bond donors (Lipinski definition) is 1. The van der Waals surface area contributed by atoms with Crippen molar-refractivity contribution >= 4 is 5.82 Å². The Morgan fingerprint density at radius 2 is 2.27 bits per heavy atom. The van der Waals surface area contributed by atoms with Gasteiger partial charge < -0.3 is 5.32 Å². The molecule has 3 heteroatoms. The van der Waals surface area contributed by atoms with E-state index in [2.05, 4.69) is 10.3 Å². The Hall–Kier alpha value is -1.12. The van der Waals surface area contributed by atoms with Crippen molar-refractivity contribution in [3.63, 3.8) is 0 Å². The van der Waals surface area contributed by atoms with Crippen LogP contribution in [0.25, 0.3) is 0 Å². The van der Waals surface area contributed by atoms with Gasteiger partial charge in [-0.3, -0.25) is 0 Å².